The number of hydrogen-bond acceptors (Lipinski definition) is 4. The van der Waals surface area contributed by atoms with Crippen LogP contribution >= 0.6 is 0 Å². The van der Waals surface area contributed by atoms with Crippen molar-refractivity contribution in [3.05, 3.63) is 59.7 Å². The molecule has 0 heterocycles. The Balaban J connectivity index is 2.04. The molecule has 0 aliphatic rings. The van der Waals surface area contributed by atoms with Crippen LogP contribution in [0.25, 0.3) is 6.08 Å². The molecule has 0 N–H and O–H groups in total. The number of rotatable bonds is 8. The monoisotopic (exact) mass is 312 g/mol. The van der Waals surface area contributed by atoms with E-state index in [4.69, 9.17) is 14.2 Å². The molecular formula is C19H20O4. The normalized spacial score (nSPS) is 10.5. The maximum atomic E-state index is 10.4. The Hall–Kier alpha value is -2.75. The van der Waals surface area contributed by atoms with Crippen LogP contribution in [0.2, 0.25) is 0 Å². The Bertz CT molecular complexity index is 660. The van der Waals surface area contributed by atoms with Gasteiger partial charge in [-0.2, -0.15) is 0 Å². The first-order chi connectivity index (χ1) is 11.3. The van der Waals surface area contributed by atoms with Gasteiger partial charge in [-0.25, -0.2) is 0 Å². The van der Waals surface area contributed by atoms with E-state index in [0.29, 0.717) is 24.7 Å². The van der Waals surface area contributed by atoms with Crippen LogP contribution in [0.5, 0.6) is 17.2 Å². The molecule has 0 unspecified atom stereocenters. The summed E-state index contributed by atoms with van der Waals surface area (Å²) in [5.41, 5.74) is 1.92. The molecule has 0 spiro atoms. The molecule has 2 aromatic carbocycles. The van der Waals surface area contributed by atoms with Crippen molar-refractivity contribution >= 4 is 12.4 Å². The molecule has 4 nitrogen and oxygen atoms in total. The number of methoxy groups -OCH3 is 1. The lowest BCUT2D eigenvalue weighted by molar-refractivity contribution is -0.104. The van der Waals surface area contributed by atoms with E-state index in [-0.39, 0.29) is 0 Å². The van der Waals surface area contributed by atoms with Gasteiger partial charge in [0.15, 0.2) is 11.5 Å². The first kappa shape index (κ1) is 16.6. The average Bonchev–Trinajstić information content (AvgIpc) is 2.60. The first-order valence-corrected chi connectivity index (χ1v) is 7.41. The SMILES string of the molecule is CCOc1ccc(COc2ccc(C=CC=O)cc2OC)cc1. The van der Waals surface area contributed by atoms with Crippen molar-refractivity contribution in [1.29, 1.82) is 0 Å². The summed E-state index contributed by atoms with van der Waals surface area (Å²) >= 11 is 0. The largest absolute Gasteiger partial charge is 0.494 e. The second-order valence-electron chi connectivity index (χ2n) is 4.77. The maximum Gasteiger partial charge on any atom is 0.161 e. The second-order valence-corrected chi connectivity index (χ2v) is 4.77. The molecule has 0 atom stereocenters. The zero-order valence-corrected chi connectivity index (χ0v) is 13.3. The Labute approximate surface area is 136 Å². The highest BCUT2D eigenvalue weighted by Crippen LogP contribution is 2.29. The standard InChI is InChI=1S/C19H20O4/c1-3-22-17-9-6-16(7-10-17)14-23-18-11-8-15(5-4-12-20)13-19(18)21-2/h4-13H,3,14H2,1-2H3. The molecular weight excluding hydrogens is 292 g/mol. The van der Waals surface area contributed by atoms with Crippen molar-refractivity contribution in [2.24, 2.45) is 0 Å². The summed E-state index contributed by atoms with van der Waals surface area (Å²) in [7, 11) is 1.59. The Kier molecular flexibility index (Phi) is 6.24. The predicted octanol–water partition coefficient (Wildman–Crippen LogP) is 3.89. The molecule has 0 saturated heterocycles. The van der Waals surface area contributed by atoms with Gasteiger partial charge >= 0.3 is 0 Å². The van der Waals surface area contributed by atoms with Crippen LogP contribution in [-0.4, -0.2) is 20.0 Å². The molecule has 4 heteroatoms. The van der Waals surface area contributed by atoms with Gasteiger partial charge in [-0.3, -0.25) is 4.79 Å². The molecule has 0 aliphatic carbocycles. The Morgan fingerprint density at radius 3 is 2.43 bits per heavy atom. The van der Waals surface area contributed by atoms with Crippen molar-refractivity contribution in [2.45, 2.75) is 13.5 Å². The number of hydrogen-bond donors (Lipinski definition) is 0. The lowest BCUT2D eigenvalue weighted by Gasteiger charge is -2.12. The van der Waals surface area contributed by atoms with Gasteiger partial charge in [0.05, 0.1) is 13.7 Å². The zero-order chi connectivity index (χ0) is 16.5. The van der Waals surface area contributed by atoms with Crippen molar-refractivity contribution in [2.75, 3.05) is 13.7 Å². The first-order valence-electron chi connectivity index (χ1n) is 7.41. The van der Waals surface area contributed by atoms with Gasteiger partial charge in [0.25, 0.3) is 0 Å². The molecule has 2 aromatic rings. The van der Waals surface area contributed by atoms with Crippen molar-refractivity contribution in [1.82, 2.24) is 0 Å². The molecule has 0 bridgehead atoms. The Morgan fingerprint density at radius 1 is 1.00 bits per heavy atom. The van der Waals surface area contributed by atoms with Gasteiger partial charge in [0.2, 0.25) is 0 Å². The topological polar surface area (TPSA) is 44.8 Å². The van der Waals surface area contributed by atoms with Crippen molar-refractivity contribution in [3.8, 4) is 17.2 Å². The summed E-state index contributed by atoms with van der Waals surface area (Å²) in [6.07, 6.45) is 3.89. The van der Waals surface area contributed by atoms with Crippen LogP contribution in [0.15, 0.2) is 48.5 Å². The highest BCUT2D eigenvalue weighted by atomic mass is 16.5. The second kappa shape index (κ2) is 8.63. The van der Waals surface area contributed by atoms with Gasteiger partial charge in [0.1, 0.15) is 18.6 Å². The van der Waals surface area contributed by atoms with E-state index in [1.54, 1.807) is 13.2 Å². The van der Waals surface area contributed by atoms with Crippen molar-refractivity contribution in [3.63, 3.8) is 0 Å². The van der Waals surface area contributed by atoms with Crippen LogP contribution in [0.3, 0.4) is 0 Å². The molecule has 0 aromatic heterocycles. The van der Waals surface area contributed by atoms with Gasteiger partial charge < -0.3 is 14.2 Å². The van der Waals surface area contributed by atoms with E-state index in [1.165, 1.54) is 6.08 Å². The third-order valence-corrected chi connectivity index (χ3v) is 3.18. The summed E-state index contributed by atoms with van der Waals surface area (Å²) in [5.74, 6) is 2.13. The minimum Gasteiger partial charge on any atom is -0.494 e. The number of carbonyl (C=O) groups is 1. The van der Waals surface area contributed by atoms with Gasteiger partial charge in [-0.1, -0.05) is 24.3 Å². The highest BCUT2D eigenvalue weighted by Gasteiger charge is 2.05. The van der Waals surface area contributed by atoms with E-state index in [0.717, 1.165) is 23.2 Å². The third kappa shape index (κ3) is 4.88. The fraction of sp³-hybridized carbons (Fsp3) is 0.211. The number of benzene rings is 2. The summed E-state index contributed by atoms with van der Waals surface area (Å²) in [4.78, 5) is 10.4. The minimum atomic E-state index is 0.437. The molecule has 0 aliphatic heterocycles. The van der Waals surface area contributed by atoms with Crippen LogP contribution in [0, 0.1) is 0 Å². The van der Waals surface area contributed by atoms with E-state index in [1.807, 2.05) is 49.4 Å². The summed E-state index contributed by atoms with van der Waals surface area (Å²) < 4.78 is 16.6. The average molecular weight is 312 g/mol. The van der Waals surface area contributed by atoms with Crippen LogP contribution < -0.4 is 14.2 Å². The number of aldehydes is 1. The van der Waals surface area contributed by atoms with Crippen LogP contribution in [0.1, 0.15) is 18.1 Å². The van der Waals surface area contributed by atoms with Crippen molar-refractivity contribution < 1.29 is 19.0 Å². The zero-order valence-electron chi connectivity index (χ0n) is 13.3. The summed E-state index contributed by atoms with van der Waals surface area (Å²) in [6, 6.07) is 13.3. The molecule has 0 radical (unpaired) electrons. The molecule has 2 rings (SSSR count). The maximum absolute atomic E-state index is 10.4. The molecule has 0 fully saturated rings. The molecule has 120 valence electrons. The predicted molar refractivity (Wildman–Crippen MR) is 90.0 cm³/mol. The smallest absolute Gasteiger partial charge is 0.161 e. The van der Waals surface area contributed by atoms with Gasteiger partial charge in [-0.15, -0.1) is 0 Å². The highest BCUT2D eigenvalue weighted by molar-refractivity contribution is 5.74. The van der Waals surface area contributed by atoms with E-state index >= 15 is 0 Å². The number of allylic oxidation sites excluding steroid dienone is 1. The van der Waals surface area contributed by atoms with E-state index < -0.39 is 0 Å². The third-order valence-electron chi connectivity index (χ3n) is 3.18. The number of ether oxygens (including phenoxy) is 3. The lowest BCUT2D eigenvalue weighted by Crippen LogP contribution is -1.98. The molecule has 0 saturated carbocycles. The quantitative estimate of drug-likeness (QED) is 0.548. The van der Waals surface area contributed by atoms with E-state index in [9.17, 15) is 4.79 Å². The summed E-state index contributed by atoms with van der Waals surface area (Å²) in [6.45, 7) is 3.04. The minimum absolute atomic E-state index is 0.437. The molecule has 0 amide bonds. The fourth-order valence-electron chi connectivity index (χ4n) is 2.07. The fourth-order valence-corrected chi connectivity index (χ4v) is 2.07. The van der Waals surface area contributed by atoms with Gasteiger partial charge in [0, 0.05) is 0 Å². The van der Waals surface area contributed by atoms with Crippen LogP contribution in [-0.2, 0) is 11.4 Å². The Morgan fingerprint density at radius 2 is 1.78 bits per heavy atom. The van der Waals surface area contributed by atoms with Crippen LogP contribution in [0.4, 0.5) is 0 Å². The van der Waals surface area contributed by atoms with Gasteiger partial charge in [-0.05, 0) is 48.4 Å². The lowest BCUT2D eigenvalue weighted by atomic mass is 10.2. The van der Waals surface area contributed by atoms with E-state index in [2.05, 4.69) is 0 Å². The molecule has 23 heavy (non-hydrogen) atoms. The number of carbonyl (C=O) groups excluding carboxylic acids is 1. The summed E-state index contributed by atoms with van der Waals surface area (Å²) in [5, 5.41) is 0.